The van der Waals surface area contributed by atoms with Crippen LogP contribution in [0.5, 0.6) is 11.5 Å². The van der Waals surface area contributed by atoms with E-state index >= 15 is 0 Å². The fraction of sp³-hybridized carbons (Fsp3) is 0.263. The minimum Gasteiger partial charge on any atom is -0.497 e. The first-order valence-electron chi connectivity index (χ1n) is 8.51. The average molecular weight is 383 g/mol. The summed E-state index contributed by atoms with van der Waals surface area (Å²) in [6, 6.07) is 6.60. The zero-order chi connectivity index (χ0) is 20.3. The predicted molar refractivity (Wildman–Crippen MR) is 104 cm³/mol. The highest BCUT2D eigenvalue weighted by molar-refractivity contribution is 6.00. The molecule has 0 aliphatic rings. The van der Waals surface area contributed by atoms with Crippen LogP contribution in [0.1, 0.15) is 16.1 Å². The van der Waals surface area contributed by atoms with E-state index in [4.69, 9.17) is 9.47 Å². The van der Waals surface area contributed by atoms with Crippen molar-refractivity contribution < 1.29 is 19.1 Å². The molecular weight excluding hydrogens is 362 g/mol. The standard InChI is InChI=1S/C19H21N5O4/c1-11-16-7-13(9-20-18(16)24(2)23-11)22-17(25)10-21-19(26)12-5-14(27-3)8-15(6-12)28-4/h5-9H,10H2,1-4H3,(H,21,26)(H,22,25). The number of nitrogens with one attached hydrogen (secondary N) is 2. The maximum atomic E-state index is 12.3. The number of fused-ring (bicyclic) bond motifs is 1. The van der Waals surface area contributed by atoms with Crippen molar-refractivity contribution in [1.82, 2.24) is 20.1 Å². The zero-order valence-corrected chi connectivity index (χ0v) is 16.1. The Morgan fingerprint density at radius 3 is 2.43 bits per heavy atom. The molecule has 2 heterocycles. The lowest BCUT2D eigenvalue weighted by Gasteiger charge is -2.10. The van der Waals surface area contributed by atoms with Crippen LogP contribution in [0, 0.1) is 6.92 Å². The molecule has 0 unspecified atom stereocenters. The van der Waals surface area contributed by atoms with Gasteiger partial charge < -0.3 is 20.1 Å². The number of carbonyl (C=O) groups excluding carboxylic acids is 2. The Bertz CT molecular complexity index is 1020. The number of rotatable bonds is 6. The van der Waals surface area contributed by atoms with Gasteiger partial charge in [0, 0.05) is 24.1 Å². The Morgan fingerprint density at radius 1 is 1.11 bits per heavy atom. The first kappa shape index (κ1) is 19.2. The van der Waals surface area contributed by atoms with Crippen molar-refractivity contribution in [1.29, 1.82) is 0 Å². The van der Waals surface area contributed by atoms with Crippen LogP contribution in [0.4, 0.5) is 5.69 Å². The number of carbonyl (C=O) groups is 2. The Hall–Kier alpha value is -3.62. The second-order valence-corrected chi connectivity index (χ2v) is 6.14. The third-order valence-electron chi connectivity index (χ3n) is 4.17. The molecule has 9 heteroatoms. The molecule has 3 rings (SSSR count). The molecule has 0 spiro atoms. The topological polar surface area (TPSA) is 107 Å². The molecule has 28 heavy (non-hydrogen) atoms. The molecule has 0 aliphatic carbocycles. The van der Waals surface area contributed by atoms with Gasteiger partial charge in [0.15, 0.2) is 5.65 Å². The molecule has 0 aliphatic heterocycles. The molecule has 0 bridgehead atoms. The third-order valence-corrected chi connectivity index (χ3v) is 4.17. The summed E-state index contributed by atoms with van der Waals surface area (Å²) in [5, 5.41) is 10.4. The van der Waals surface area contributed by atoms with Crippen LogP contribution in [0.15, 0.2) is 30.5 Å². The second kappa shape index (κ2) is 7.95. The fourth-order valence-corrected chi connectivity index (χ4v) is 2.78. The van der Waals surface area contributed by atoms with Crippen molar-refractivity contribution in [3.8, 4) is 11.5 Å². The fourth-order valence-electron chi connectivity index (χ4n) is 2.78. The molecule has 2 aromatic heterocycles. The van der Waals surface area contributed by atoms with Crippen molar-refractivity contribution in [2.75, 3.05) is 26.1 Å². The maximum absolute atomic E-state index is 12.3. The number of benzene rings is 1. The van der Waals surface area contributed by atoms with Crippen molar-refractivity contribution >= 4 is 28.5 Å². The number of anilines is 1. The van der Waals surface area contributed by atoms with Gasteiger partial charge in [0.25, 0.3) is 5.91 Å². The van der Waals surface area contributed by atoms with Gasteiger partial charge in [0.05, 0.1) is 38.3 Å². The number of aromatic nitrogens is 3. The van der Waals surface area contributed by atoms with Gasteiger partial charge in [-0.3, -0.25) is 14.3 Å². The first-order valence-corrected chi connectivity index (χ1v) is 8.51. The van der Waals surface area contributed by atoms with E-state index in [-0.39, 0.29) is 12.5 Å². The highest BCUT2D eigenvalue weighted by Gasteiger charge is 2.13. The number of amides is 2. The van der Waals surface area contributed by atoms with Crippen LogP contribution >= 0.6 is 0 Å². The summed E-state index contributed by atoms with van der Waals surface area (Å²) in [6.07, 6.45) is 1.55. The number of pyridine rings is 1. The van der Waals surface area contributed by atoms with E-state index in [2.05, 4.69) is 20.7 Å². The monoisotopic (exact) mass is 383 g/mol. The van der Waals surface area contributed by atoms with Gasteiger partial charge in [-0.25, -0.2) is 4.98 Å². The molecule has 1 aromatic carbocycles. The molecule has 0 saturated carbocycles. The van der Waals surface area contributed by atoms with E-state index in [0.29, 0.717) is 22.7 Å². The lowest BCUT2D eigenvalue weighted by Crippen LogP contribution is -2.32. The lowest BCUT2D eigenvalue weighted by atomic mass is 10.2. The number of hydrogen-bond acceptors (Lipinski definition) is 6. The second-order valence-electron chi connectivity index (χ2n) is 6.14. The zero-order valence-electron chi connectivity index (χ0n) is 16.1. The largest absolute Gasteiger partial charge is 0.497 e. The van der Waals surface area contributed by atoms with Crippen molar-refractivity contribution in [2.24, 2.45) is 7.05 Å². The summed E-state index contributed by atoms with van der Waals surface area (Å²) >= 11 is 0. The molecule has 3 aromatic rings. The highest BCUT2D eigenvalue weighted by Crippen LogP contribution is 2.22. The van der Waals surface area contributed by atoms with Crippen LogP contribution in [0.2, 0.25) is 0 Å². The van der Waals surface area contributed by atoms with E-state index in [0.717, 1.165) is 16.7 Å². The van der Waals surface area contributed by atoms with Gasteiger partial charge in [-0.1, -0.05) is 0 Å². The summed E-state index contributed by atoms with van der Waals surface area (Å²) < 4.78 is 12.0. The molecule has 0 atom stereocenters. The quantitative estimate of drug-likeness (QED) is 0.670. The van der Waals surface area contributed by atoms with Crippen LogP contribution in [0.25, 0.3) is 11.0 Å². The summed E-state index contributed by atoms with van der Waals surface area (Å²) in [5.74, 6) is 0.190. The SMILES string of the molecule is COc1cc(OC)cc(C(=O)NCC(=O)Nc2cnc3c(c2)c(C)nn3C)c1. The summed E-state index contributed by atoms with van der Waals surface area (Å²) in [6.45, 7) is 1.68. The Kier molecular flexibility index (Phi) is 5.44. The summed E-state index contributed by atoms with van der Waals surface area (Å²) in [5.41, 5.74) is 2.42. The molecular formula is C19H21N5O4. The number of methoxy groups -OCH3 is 2. The molecule has 2 N–H and O–H groups in total. The maximum Gasteiger partial charge on any atom is 0.251 e. The minimum absolute atomic E-state index is 0.192. The highest BCUT2D eigenvalue weighted by atomic mass is 16.5. The Balaban J connectivity index is 1.64. The van der Waals surface area contributed by atoms with E-state index in [1.54, 1.807) is 35.1 Å². The number of hydrogen-bond donors (Lipinski definition) is 2. The summed E-state index contributed by atoms with van der Waals surface area (Å²) in [4.78, 5) is 28.8. The molecule has 0 fully saturated rings. The van der Waals surface area contributed by atoms with Crippen molar-refractivity contribution in [2.45, 2.75) is 6.92 Å². The van der Waals surface area contributed by atoms with Crippen LogP contribution in [-0.2, 0) is 11.8 Å². The van der Waals surface area contributed by atoms with Crippen LogP contribution in [-0.4, -0.2) is 47.3 Å². The molecule has 9 nitrogen and oxygen atoms in total. The van der Waals surface area contributed by atoms with Gasteiger partial charge in [-0.05, 0) is 25.1 Å². The van der Waals surface area contributed by atoms with Gasteiger partial charge in [-0.2, -0.15) is 5.10 Å². The molecule has 0 saturated heterocycles. The van der Waals surface area contributed by atoms with Crippen molar-refractivity contribution in [3.05, 3.63) is 41.7 Å². The summed E-state index contributed by atoms with van der Waals surface area (Å²) in [7, 11) is 4.81. The third kappa shape index (κ3) is 4.03. The smallest absolute Gasteiger partial charge is 0.251 e. The van der Waals surface area contributed by atoms with Crippen LogP contribution in [0.3, 0.4) is 0 Å². The normalized spacial score (nSPS) is 10.6. The molecule has 146 valence electrons. The average Bonchev–Trinajstić information content (AvgIpc) is 2.98. The predicted octanol–water partition coefficient (Wildman–Crippen LogP) is 1.66. The first-order chi connectivity index (χ1) is 13.4. The van der Waals surface area contributed by atoms with Gasteiger partial charge in [0.1, 0.15) is 11.5 Å². The minimum atomic E-state index is -0.413. The van der Waals surface area contributed by atoms with E-state index in [1.165, 1.54) is 14.2 Å². The number of aryl methyl sites for hydroxylation is 2. The number of nitrogens with zero attached hydrogens (tertiary/aromatic N) is 3. The molecule has 0 radical (unpaired) electrons. The Morgan fingerprint density at radius 2 is 1.79 bits per heavy atom. The van der Waals surface area contributed by atoms with Gasteiger partial charge in [0.2, 0.25) is 5.91 Å². The van der Waals surface area contributed by atoms with E-state index in [9.17, 15) is 9.59 Å². The van der Waals surface area contributed by atoms with E-state index in [1.807, 2.05) is 14.0 Å². The van der Waals surface area contributed by atoms with Gasteiger partial charge in [-0.15, -0.1) is 0 Å². The molecule has 2 amide bonds. The van der Waals surface area contributed by atoms with E-state index < -0.39 is 5.91 Å². The van der Waals surface area contributed by atoms with Crippen LogP contribution < -0.4 is 20.1 Å². The lowest BCUT2D eigenvalue weighted by molar-refractivity contribution is -0.115. The number of ether oxygens (including phenoxy) is 2. The Labute approximate surface area is 161 Å². The van der Waals surface area contributed by atoms with Crippen molar-refractivity contribution in [3.63, 3.8) is 0 Å². The van der Waals surface area contributed by atoms with Gasteiger partial charge >= 0.3 is 0 Å².